The van der Waals surface area contributed by atoms with Crippen LogP contribution in [0.15, 0.2) is 21.2 Å². The topological polar surface area (TPSA) is 80.7 Å². The minimum Gasteiger partial charge on any atom is -0.296 e. The smallest absolute Gasteiger partial charge is 0.296 e. The maximum Gasteiger partial charge on any atom is 0.331 e. The van der Waals surface area contributed by atoms with Gasteiger partial charge in [-0.3, -0.25) is 13.9 Å². The fourth-order valence-electron chi connectivity index (χ4n) is 2.20. The van der Waals surface area contributed by atoms with Crippen molar-refractivity contribution < 1.29 is 0 Å². The first-order chi connectivity index (χ1) is 10.1. The fourth-order valence-corrected chi connectivity index (χ4v) is 2.93. The van der Waals surface area contributed by atoms with Gasteiger partial charge in [-0.05, 0) is 19.3 Å². The van der Waals surface area contributed by atoms with Crippen molar-refractivity contribution in [2.24, 2.45) is 0 Å². The summed E-state index contributed by atoms with van der Waals surface area (Å²) in [5.74, 6) is 0. The van der Waals surface area contributed by atoms with Crippen LogP contribution in [0.4, 0.5) is 0 Å². The summed E-state index contributed by atoms with van der Waals surface area (Å²) >= 11 is 1.51. The number of aryl methyl sites for hydroxylation is 1. The third-order valence-corrected chi connectivity index (χ3v) is 4.52. The highest BCUT2D eigenvalue weighted by atomic mass is 32.1. The van der Waals surface area contributed by atoms with E-state index in [1.165, 1.54) is 22.1 Å². The lowest BCUT2D eigenvalue weighted by Crippen LogP contribution is -2.41. The highest BCUT2D eigenvalue weighted by Crippen LogP contribution is 2.33. The molecule has 2 aromatic heterocycles. The van der Waals surface area contributed by atoms with Crippen LogP contribution in [0.3, 0.4) is 0 Å². The molecule has 108 valence electrons. The molecular weight excluding hydrogens is 288 g/mol. The van der Waals surface area contributed by atoms with E-state index in [-0.39, 0.29) is 23.8 Å². The average molecular weight is 302 g/mol. The summed E-state index contributed by atoms with van der Waals surface area (Å²) in [6.07, 6.45) is 4.04. The molecule has 7 heteroatoms. The number of hydrogen-bond donors (Lipinski definition) is 0. The number of nitrogens with zero attached hydrogens (tertiary/aromatic N) is 4. The van der Waals surface area contributed by atoms with Crippen molar-refractivity contribution >= 4 is 11.3 Å². The van der Waals surface area contributed by atoms with Gasteiger partial charge >= 0.3 is 5.69 Å². The summed E-state index contributed by atoms with van der Waals surface area (Å²) in [7, 11) is 0. The summed E-state index contributed by atoms with van der Waals surface area (Å²) < 4.78 is 2.62. The Labute approximate surface area is 124 Å². The van der Waals surface area contributed by atoms with Crippen LogP contribution >= 0.6 is 11.3 Å². The van der Waals surface area contributed by atoms with Crippen molar-refractivity contribution in [3.05, 3.63) is 48.7 Å². The molecule has 0 spiro atoms. The quantitative estimate of drug-likeness (QED) is 0.852. The fraction of sp³-hybridized carbons (Fsp3) is 0.429. The lowest BCUT2D eigenvalue weighted by molar-refractivity contribution is 0.583. The van der Waals surface area contributed by atoms with Crippen molar-refractivity contribution in [2.75, 3.05) is 0 Å². The Morgan fingerprint density at radius 3 is 2.81 bits per heavy atom. The molecule has 6 nitrogen and oxygen atoms in total. The molecule has 0 aliphatic heterocycles. The second-order valence-electron chi connectivity index (χ2n) is 5.05. The van der Waals surface area contributed by atoms with Gasteiger partial charge in [-0.2, -0.15) is 5.26 Å². The van der Waals surface area contributed by atoms with E-state index in [1.54, 1.807) is 0 Å². The lowest BCUT2D eigenvalue weighted by Gasteiger charge is -2.09. The highest BCUT2D eigenvalue weighted by Gasteiger charge is 2.27. The Hall–Kier alpha value is -2.20. The van der Waals surface area contributed by atoms with E-state index in [0.29, 0.717) is 5.69 Å². The van der Waals surface area contributed by atoms with Crippen LogP contribution in [0.25, 0.3) is 0 Å². The van der Waals surface area contributed by atoms with Crippen LogP contribution in [0.2, 0.25) is 0 Å². The Balaban J connectivity index is 2.08. The van der Waals surface area contributed by atoms with Gasteiger partial charge in [-0.1, -0.05) is 6.92 Å². The van der Waals surface area contributed by atoms with Gasteiger partial charge in [0, 0.05) is 17.6 Å². The Bertz CT molecular complexity index is 836. The number of aromatic nitrogens is 3. The number of rotatable bonds is 4. The van der Waals surface area contributed by atoms with Gasteiger partial charge in [0.05, 0.1) is 17.2 Å². The zero-order valence-electron chi connectivity index (χ0n) is 11.6. The molecule has 1 aliphatic carbocycles. The molecule has 3 rings (SSSR count). The molecule has 1 fully saturated rings. The van der Waals surface area contributed by atoms with E-state index in [1.807, 2.05) is 18.4 Å². The molecular formula is C14H14N4O2S. The van der Waals surface area contributed by atoms with Gasteiger partial charge < -0.3 is 0 Å². The van der Waals surface area contributed by atoms with E-state index in [2.05, 4.69) is 4.98 Å². The third-order valence-electron chi connectivity index (χ3n) is 3.48. The van der Waals surface area contributed by atoms with Crippen LogP contribution in [0.5, 0.6) is 0 Å². The standard InChI is InChI=1S/C14H14N4O2S/c1-2-12-16-10(8-21-12)7-18-13(19)9(5-15)6-17(14(18)20)11-3-4-11/h6,8,11H,2-4,7H2,1H3. The molecule has 1 saturated carbocycles. The summed E-state index contributed by atoms with van der Waals surface area (Å²) in [4.78, 5) is 29.0. The molecule has 1 aliphatic rings. The number of thiazole rings is 1. The number of hydrogen-bond acceptors (Lipinski definition) is 5. The molecule has 0 amide bonds. The van der Waals surface area contributed by atoms with Gasteiger partial charge in [0.1, 0.15) is 11.6 Å². The molecule has 21 heavy (non-hydrogen) atoms. The molecule has 0 atom stereocenters. The Morgan fingerprint density at radius 1 is 1.48 bits per heavy atom. The van der Waals surface area contributed by atoms with Crippen LogP contribution in [-0.4, -0.2) is 14.1 Å². The largest absolute Gasteiger partial charge is 0.331 e. The second-order valence-corrected chi connectivity index (χ2v) is 6.00. The van der Waals surface area contributed by atoms with Gasteiger partial charge in [-0.15, -0.1) is 11.3 Å². The summed E-state index contributed by atoms with van der Waals surface area (Å²) in [6, 6.07) is 2.00. The van der Waals surface area contributed by atoms with Crippen LogP contribution < -0.4 is 11.2 Å². The Morgan fingerprint density at radius 2 is 2.24 bits per heavy atom. The minimum atomic E-state index is -0.537. The van der Waals surface area contributed by atoms with Gasteiger partial charge in [0.2, 0.25) is 0 Å². The molecule has 2 aromatic rings. The molecule has 0 aromatic carbocycles. The van der Waals surface area contributed by atoms with E-state index >= 15 is 0 Å². The maximum atomic E-state index is 12.4. The molecule has 2 heterocycles. The first kappa shape index (κ1) is 13.8. The van der Waals surface area contributed by atoms with Crippen molar-refractivity contribution in [3.63, 3.8) is 0 Å². The van der Waals surface area contributed by atoms with Crippen molar-refractivity contribution in [2.45, 2.75) is 38.8 Å². The zero-order valence-corrected chi connectivity index (χ0v) is 12.4. The van der Waals surface area contributed by atoms with Gasteiger partial charge in [0.15, 0.2) is 0 Å². The normalized spacial score (nSPS) is 14.1. The average Bonchev–Trinajstić information content (AvgIpc) is 3.22. The summed E-state index contributed by atoms with van der Waals surface area (Å²) in [5, 5.41) is 11.9. The Kier molecular flexibility index (Phi) is 3.47. The number of nitriles is 1. The molecule has 0 saturated heterocycles. The third kappa shape index (κ3) is 2.54. The van der Waals surface area contributed by atoms with E-state index in [0.717, 1.165) is 28.8 Å². The van der Waals surface area contributed by atoms with Gasteiger partial charge in [-0.25, -0.2) is 9.78 Å². The second kappa shape index (κ2) is 5.30. The predicted octanol–water partition coefficient (Wildman–Crippen LogP) is 1.28. The van der Waals surface area contributed by atoms with Crippen LogP contribution in [0, 0.1) is 11.3 Å². The van der Waals surface area contributed by atoms with Crippen molar-refractivity contribution in [1.82, 2.24) is 14.1 Å². The monoisotopic (exact) mass is 302 g/mol. The molecule has 0 bridgehead atoms. The van der Waals surface area contributed by atoms with Crippen molar-refractivity contribution in [3.8, 4) is 6.07 Å². The zero-order chi connectivity index (χ0) is 15.0. The molecule has 0 N–H and O–H groups in total. The summed E-state index contributed by atoms with van der Waals surface area (Å²) in [6.45, 7) is 2.13. The van der Waals surface area contributed by atoms with E-state index in [9.17, 15) is 9.59 Å². The van der Waals surface area contributed by atoms with Crippen LogP contribution in [-0.2, 0) is 13.0 Å². The van der Waals surface area contributed by atoms with E-state index < -0.39 is 5.56 Å². The van der Waals surface area contributed by atoms with Gasteiger partial charge in [0.25, 0.3) is 5.56 Å². The molecule has 0 unspecified atom stereocenters. The highest BCUT2D eigenvalue weighted by molar-refractivity contribution is 7.09. The first-order valence-electron chi connectivity index (χ1n) is 6.83. The maximum absolute atomic E-state index is 12.4. The lowest BCUT2D eigenvalue weighted by atomic mass is 10.3. The first-order valence-corrected chi connectivity index (χ1v) is 7.71. The summed E-state index contributed by atoms with van der Waals surface area (Å²) in [5.41, 5.74) is -0.195. The van der Waals surface area contributed by atoms with Crippen molar-refractivity contribution in [1.29, 1.82) is 5.26 Å². The minimum absolute atomic E-state index is 0.00689. The predicted molar refractivity (Wildman–Crippen MR) is 78.5 cm³/mol. The van der Waals surface area contributed by atoms with E-state index in [4.69, 9.17) is 5.26 Å². The molecule has 0 radical (unpaired) electrons. The SMILES string of the molecule is CCc1nc(Cn2c(=O)c(C#N)cn(C3CC3)c2=O)cs1. The van der Waals surface area contributed by atoms with Crippen LogP contribution in [0.1, 0.15) is 42.1 Å².